The van der Waals surface area contributed by atoms with Gasteiger partial charge in [-0.2, -0.15) is 0 Å². The molecule has 0 bridgehead atoms. The van der Waals surface area contributed by atoms with Crippen LogP contribution in [0, 0.1) is 5.92 Å². The van der Waals surface area contributed by atoms with Crippen molar-refractivity contribution in [2.24, 2.45) is 5.92 Å². The van der Waals surface area contributed by atoms with Crippen molar-refractivity contribution in [3.05, 3.63) is 35.9 Å². The summed E-state index contributed by atoms with van der Waals surface area (Å²) < 4.78 is 0. The van der Waals surface area contributed by atoms with Crippen LogP contribution in [0.25, 0.3) is 0 Å². The first kappa shape index (κ1) is 11.6. The van der Waals surface area contributed by atoms with E-state index in [1.165, 1.54) is 18.5 Å². The molecule has 2 nitrogen and oxygen atoms in total. The number of nitrogens with one attached hydrogen (secondary N) is 1. The molecule has 1 aromatic rings. The third-order valence-corrected chi connectivity index (χ3v) is 3.63. The van der Waals surface area contributed by atoms with Gasteiger partial charge in [0.1, 0.15) is 0 Å². The predicted molar refractivity (Wildman–Crippen MR) is 68.3 cm³/mol. The number of hydrogen-bond donors (Lipinski definition) is 1. The summed E-state index contributed by atoms with van der Waals surface area (Å²) in [6, 6.07) is 11.4. The molecule has 0 saturated carbocycles. The first-order valence-electron chi connectivity index (χ1n) is 6.22. The van der Waals surface area contributed by atoms with Crippen LogP contribution in [0.2, 0.25) is 0 Å². The Kier molecular flexibility index (Phi) is 3.97. The van der Waals surface area contributed by atoms with Crippen LogP contribution in [0.15, 0.2) is 30.3 Å². The van der Waals surface area contributed by atoms with Crippen molar-refractivity contribution >= 4 is 0 Å². The van der Waals surface area contributed by atoms with Crippen LogP contribution in [-0.4, -0.2) is 31.1 Å². The van der Waals surface area contributed by atoms with Gasteiger partial charge in [-0.05, 0) is 31.5 Å². The van der Waals surface area contributed by atoms with Crippen molar-refractivity contribution in [2.45, 2.75) is 25.9 Å². The van der Waals surface area contributed by atoms with Crippen LogP contribution in [0.3, 0.4) is 0 Å². The second-order valence-corrected chi connectivity index (χ2v) is 4.94. The summed E-state index contributed by atoms with van der Waals surface area (Å²) in [6.07, 6.45) is 1.30. The van der Waals surface area contributed by atoms with E-state index in [-0.39, 0.29) is 0 Å². The lowest BCUT2D eigenvalue weighted by molar-refractivity contribution is 0.145. The minimum Gasteiger partial charge on any atom is -0.315 e. The van der Waals surface area contributed by atoms with Gasteiger partial charge in [-0.15, -0.1) is 0 Å². The van der Waals surface area contributed by atoms with Crippen LogP contribution < -0.4 is 5.32 Å². The average molecular weight is 218 g/mol. The normalized spacial score (nSPS) is 25.9. The molecule has 0 radical (unpaired) electrons. The summed E-state index contributed by atoms with van der Waals surface area (Å²) in [5.74, 6) is 0.801. The van der Waals surface area contributed by atoms with Crippen LogP contribution in [-0.2, 0) is 6.54 Å². The van der Waals surface area contributed by atoms with Gasteiger partial charge in [0.05, 0.1) is 0 Å². The molecule has 1 saturated heterocycles. The zero-order valence-electron chi connectivity index (χ0n) is 10.3. The fourth-order valence-electron chi connectivity index (χ4n) is 2.55. The molecule has 1 aliphatic rings. The Balaban J connectivity index is 1.94. The highest BCUT2D eigenvalue weighted by atomic mass is 15.2. The summed E-state index contributed by atoms with van der Waals surface area (Å²) in [6.45, 7) is 5.73. The van der Waals surface area contributed by atoms with Gasteiger partial charge in [0.15, 0.2) is 0 Å². The molecule has 1 aromatic carbocycles. The van der Waals surface area contributed by atoms with Crippen molar-refractivity contribution in [2.75, 3.05) is 20.1 Å². The van der Waals surface area contributed by atoms with Crippen molar-refractivity contribution in [1.82, 2.24) is 10.2 Å². The highest BCUT2D eigenvalue weighted by Crippen LogP contribution is 2.18. The van der Waals surface area contributed by atoms with Gasteiger partial charge in [0.25, 0.3) is 0 Å². The van der Waals surface area contributed by atoms with E-state index in [4.69, 9.17) is 0 Å². The van der Waals surface area contributed by atoms with Gasteiger partial charge in [-0.3, -0.25) is 4.90 Å². The molecule has 0 aromatic heterocycles. The van der Waals surface area contributed by atoms with Gasteiger partial charge in [0, 0.05) is 19.1 Å². The zero-order chi connectivity index (χ0) is 11.4. The molecule has 1 N–H and O–H groups in total. The number of piperidine rings is 1. The lowest BCUT2D eigenvalue weighted by Crippen LogP contribution is -2.48. The molecule has 2 rings (SSSR count). The van der Waals surface area contributed by atoms with Crippen molar-refractivity contribution in [1.29, 1.82) is 0 Å². The lowest BCUT2D eigenvalue weighted by atomic mass is 9.93. The second kappa shape index (κ2) is 5.46. The number of likely N-dealkylation sites (N-methyl/N-ethyl adjacent to an activating group) is 1. The molecule has 0 spiro atoms. The van der Waals surface area contributed by atoms with Crippen LogP contribution in [0.4, 0.5) is 0 Å². The maximum atomic E-state index is 3.49. The third-order valence-electron chi connectivity index (χ3n) is 3.63. The average Bonchev–Trinajstić information content (AvgIpc) is 2.31. The number of hydrogen-bond acceptors (Lipinski definition) is 2. The topological polar surface area (TPSA) is 15.3 Å². The molecule has 1 fully saturated rings. The van der Waals surface area contributed by atoms with E-state index >= 15 is 0 Å². The minimum absolute atomic E-state index is 0.675. The first-order valence-corrected chi connectivity index (χ1v) is 6.22. The minimum atomic E-state index is 0.675. The Morgan fingerprint density at radius 1 is 1.31 bits per heavy atom. The smallest absolute Gasteiger partial charge is 0.0247 e. The Morgan fingerprint density at radius 3 is 2.75 bits per heavy atom. The molecule has 2 unspecified atom stereocenters. The zero-order valence-corrected chi connectivity index (χ0v) is 10.3. The van der Waals surface area contributed by atoms with E-state index < -0.39 is 0 Å². The van der Waals surface area contributed by atoms with E-state index in [0.29, 0.717) is 6.04 Å². The summed E-state index contributed by atoms with van der Waals surface area (Å²) >= 11 is 0. The fraction of sp³-hybridized carbons (Fsp3) is 0.571. The molecule has 1 heterocycles. The summed E-state index contributed by atoms with van der Waals surface area (Å²) in [7, 11) is 2.24. The molecule has 2 heteroatoms. The van der Waals surface area contributed by atoms with E-state index in [0.717, 1.165) is 19.0 Å². The largest absolute Gasteiger partial charge is 0.315 e. The van der Waals surface area contributed by atoms with E-state index in [1.807, 2.05) is 0 Å². The molecule has 0 amide bonds. The summed E-state index contributed by atoms with van der Waals surface area (Å²) in [5.41, 5.74) is 1.41. The van der Waals surface area contributed by atoms with Crippen molar-refractivity contribution in [3.63, 3.8) is 0 Å². The van der Waals surface area contributed by atoms with Gasteiger partial charge in [-0.25, -0.2) is 0 Å². The van der Waals surface area contributed by atoms with E-state index in [1.54, 1.807) is 0 Å². The summed E-state index contributed by atoms with van der Waals surface area (Å²) in [5, 5.41) is 3.49. The number of benzene rings is 1. The van der Waals surface area contributed by atoms with Crippen LogP contribution in [0.5, 0.6) is 0 Å². The van der Waals surface area contributed by atoms with Crippen molar-refractivity contribution in [3.8, 4) is 0 Å². The second-order valence-electron chi connectivity index (χ2n) is 4.94. The standard InChI is InChI=1S/C14H22N2/c1-12-8-9-15-10-14(12)16(2)11-13-6-4-3-5-7-13/h3-7,12,14-15H,8-11H2,1-2H3. The van der Waals surface area contributed by atoms with Gasteiger partial charge < -0.3 is 5.32 Å². The van der Waals surface area contributed by atoms with Crippen LogP contribution >= 0.6 is 0 Å². The quantitative estimate of drug-likeness (QED) is 0.836. The van der Waals surface area contributed by atoms with Gasteiger partial charge in [0.2, 0.25) is 0 Å². The van der Waals surface area contributed by atoms with Gasteiger partial charge in [-0.1, -0.05) is 37.3 Å². The molecule has 88 valence electrons. The fourth-order valence-corrected chi connectivity index (χ4v) is 2.55. The van der Waals surface area contributed by atoms with Crippen molar-refractivity contribution < 1.29 is 0 Å². The third kappa shape index (κ3) is 2.83. The maximum Gasteiger partial charge on any atom is 0.0247 e. The lowest BCUT2D eigenvalue weighted by Gasteiger charge is -2.36. The first-order chi connectivity index (χ1) is 7.77. The maximum absolute atomic E-state index is 3.49. The number of rotatable bonds is 3. The predicted octanol–water partition coefficient (Wildman–Crippen LogP) is 2.12. The Morgan fingerprint density at radius 2 is 2.06 bits per heavy atom. The van der Waals surface area contributed by atoms with E-state index in [9.17, 15) is 0 Å². The molecular weight excluding hydrogens is 196 g/mol. The highest BCUT2D eigenvalue weighted by Gasteiger charge is 2.24. The Bertz CT molecular complexity index is 310. The van der Waals surface area contributed by atoms with Gasteiger partial charge >= 0.3 is 0 Å². The molecular formula is C14H22N2. The van der Waals surface area contributed by atoms with Crippen LogP contribution in [0.1, 0.15) is 18.9 Å². The Labute approximate surface area is 98.7 Å². The highest BCUT2D eigenvalue weighted by molar-refractivity contribution is 5.14. The monoisotopic (exact) mass is 218 g/mol. The SMILES string of the molecule is CC1CCNCC1N(C)Cc1ccccc1. The number of nitrogens with zero attached hydrogens (tertiary/aromatic N) is 1. The molecule has 16 heavy (non-hydrogen) atoms. The summed E-state index contributed by atoms with van der Waals surface area (Å²) in [4.78, 5) is 2.48. The molecule has 0 aliphatic carbocycles. The molecule has 1 aliphatic heterocycles. The van der Waals surface area contributed by atoms with E-state index in [2.05, 4.69) is 54.5 Å². The molecule has 2 atom stereocenters. The Hall–Kier alpha value is -0.860.